The predicted molar refractivity (Wildman–Crippen MR) is 62.6 cm³/mol. The lowest BCUT2D eigenvalue weighted by molar-refractivity contribution is -0.128. The summed E-state index contributed by atoms with van der Waals surface area (Å²) in [5.41, 5.74) is 1.13. The second-order valence-electron chi connectivity index (χ2n) is 3.50. The molecule has 0 spiro atoms. The molecule has 94 valence electrons. The topological polar surface area (TPSA) is 52.3 Å². The molecule has 0 atom stereocenters. The van der Waals surface area contributed by atoms with Crippen LogP contribution >= 0.6 is 11.6 Å². The van der Waals surface area contributed by atoms with E-state index in [0.717, 1.165) is 0 Å². The van der Waals surface area contributed by atoms with Crippen LogP contribution in [0.2, 0.25) is 5.02 Å². The molecule has 0 radical (unpaired) electrons. The molecule has 0 aliphatic heterocycles. The fraction of sp³-hybridized carbons (Fsp3) is 0.167. The number of carbonyl (C=O) groups excluding carboxylic acids is 1. The Kier molecular flexibility index (Phi) is 3.94. The van der Waals surface area contributed by atoms with Crippen molar-refractivity contribution in [2.24, 2.45) is 0 Å². The first kappa shape index (κ1) is 12.6. The van der Waals surface area contributed by atoms with Crippen LogP contribution < -0.4 is 0 Å². The van der Waals surface area contributed by atoms with Gasteiger partial charge in [0.2, 0.25) is 0 Å². The molecule has 1 heterocycles. The van der Waals surface area contributed by atoms with Crippen molar-refractivity contribution in [1.29, 1.82) is 0 Å². The number of ether oxygens (including phenoxy) is 1. The smallest absolute Gasteiger partial charge is 0.293 e. The number of hydrogen-bond donors (Lipinski definition) is 0. The molecule has 0 unspecified atom stereocenters. The zero-order chi connectivity index (χ0) is 13.0. The molecule has 4 nitrogen and oxygen atoms in total. The molecule has 2 rings (SSSR count). The molecular formula is C12H9ClFNO3. The van der Waals surface area contributed by atoms with Gasteiger partial charge in [0, 0.05) is 12.0 Å². The van der Waals surface area contributed by atoms with Gasteiger partial charge in [-0.3, -0.25) is 4.79 Å². The molecule has 0 saturated carbocycles. The van der Waals surface area contributed by atoms with Crippen LogP contribution in [0.5, 0.6) is 0 Å². The van der Waals surface area contributed by atoms with Crippen molar-refractivity contribution < 1.29 is 18.4 Å². The lowest BCUT2D eigenvalue weighted by Crippen LogP contribution is -1.97. The Morgan fingerprint density at radius 1 is 1.39 bits per heavy atom. The second-order valence-corrected chi connectivity index (χ2v) is 3.87. The minimum Gasteiger partial charge on any atom is -0.467 e. The van der Waals surface area contributed by atoms with Crippen molar-refractivity contribution in [3.8, 4) is 11.3 Å². The molecule has 1 aromatic heterocycles. The highest BCUT2D eigenvalue weighted by Gasteiger charge is 2.15. The van der Waals surface area contributed by atoms with Gasteiger partial charge in [-0.15, -0.1) is 0 Å². The van der Waals surface area contributed by atoms with Crippen molar-refractivity contribution >= 4 is 18.1 Å². The number of benzene rings is 1. The van der Waals surface area contributed by atoms with Crippen LogP contribution in [-0.2, 0) is 16.0 Å². The SMILES string of the molecule is O=COCCc1noc(-c2ccc(F)cc2)c1Cl. The fourth-order valence-electron chi connectivity index (χ4n) is 1.45. The van der Waals surface area contributed by atoms with Gasteiger partial charge in [0.25, 0.3) is 6.47 Å². The summed E-state index contributed by atoms with van der Waals surface area (Å²) in [6.45, 7) is 0.535. The highest BCUT2D eigenvalue weighted by atomic mass is 35.5. The third kappa shape index (κ3) is 2.68. The standard InChI is InChI=1S/C12H9ClFNO3/c13-11-10(5-6-17-7-16)15-18-12(11)8-1-3-9(14)4-2-8/h1-4,7H,5-6H2. The quantitative estimate of drug-likeness (QED) is 0.619. The molecule has 0 amide bonds. The number of hydrogen-bond acceptors (Lipinski definition) is 4. The van der Waals surface area contributed by atoms with Crippen LogP contribution in [0.1, 0.15) is 5.69 Å². The Labute approximate surface area is 107 Å². The van der Waals surface area contributed by atoms with Crippen molar-refractivity contribution in [1.82, 2.24) is 5.16 Å². The largest absolute Gasteiger partial charge is 0.467 e. The molecular weight excluding hydrogens is 261 g/mol. The highest BCUT2D eigenvalue weighted by molar-refractivity contribution is 6.33. The van der Waals surface area contributed by atoms with Crippen LogP contribution in [0.4, 0.5) is 4.39 Å². The molecule has 2 aromatic rings. The zero-order valence-electron chi connectivity index (χ0n) is 9.23. The highest BCUT2D eigenvalue weighted by Crippen LogP contribution is 2.30. The van der Waals surface area contributed by atoms with E-state index in [9.17, 15) is 9.18 Å². The van der Waals surface area contributed by atoms with Crippen molar-refractivity contribution in [2.75, 3.05) is 6.61 Å². The summed E-state index contributed by atoms with van der Waals surface area (Å²) in [5, 5.41) is 4.13. The van der Waals surface area contributed by atoms with E-state index in [2.05, 4.69) is 9.89 Å². The average Bonchev–Trinajstić information content (AvgIpc) is 2.73. The molecule has 18 heavy (non-hydrogen) atoms. The molecule has 0 fully saturated rings. The summed E-state index contributed by atoms with van der Waals surface area (Å²) in [5.74, 6) is 0.0340. The summed E-state index contributed by atoms with van der Waals surface area (Å²) in [6.07, 6.45) is 0.363. The van der Waals surface area contributed by atoms with E-state index in [-0.39, 0.29) is 12.4 Å². The Balaban J connectivity index is 2.19. The van der Waals surface area contributed by atoms with Gasteiger partial charge in [-0.05, 0) is 24.3 Å². The summed E-state index contributed by atoms with van der Waals surface area (Å²) in [6, 6.07) is 5.72. The monoisotopic (exact) mass is 269 g/mol. The van der Waals surface area contributed by atoms with Gasteiger partial charge in [0.1, 0.15) is 16.5 Å². The van der Waals surface area contributed by atoms with Gasteiger partial charge < -0.3 is 9.26 Å². The normalized spacial score (nSPS) is 10.3. The van der Waals surface area contributed by atoms with Gasteiger partial charge in [-0.1, -0.05) is 16.8 Å². The minimum absolute atomic E-state index is 0.179. The summed E-state index contributed by atoms with van der Waals surface area (Å²) < 4.78 is 22.4. The Morgan fingerprint density at radius 3 is 2.78 bits per heavy atom. The molecule has 1 aromatic carbocycles. The summed E-state index contributed by atoms with van der Waals surface area (Å²) in [4.78, 5) is 10.0. The van der Waals surface area contributed by atoms with Crippen molar-refractivity contribution in [3.05, 3.63) is 40.8 Å². The van der Waals surface area contributed by atoms with Gasteiger partial charge >= 0.3 is 0 Å². The lowest BCUT2D eigenvalue weighted by atomic mass is 10.1. The lowest BCUT2D eigenvalue weighted by Gasteiger charge is -1.97. The Morgan fingerprint density at radius 2 is 2.11 bits per heavy atom. The number of rotatable bonds is 5. The van der Waals surface area contributed by atoms with E-state index in [1.54, 1.807) is 12.1 Å². The van der Waals surface area contributed by atoms with Crippen LogP contribution in [0.25, 0.3) is 11.3 Å². The number of halogens is 2. The average molecular weight is 270 g/mol. The van der Waals surface area contributed by atoms with E-state index >= 15 is 0 Å². The maximum atomic E-state index is 12.8. The van der Waals surface area contributed by atoms with Crippen molar-refractivity contribution in [2.45, 2.75) is 6.42 Å². The van der Waals surface area contributed by atoms with Gasteiger partial charge in [0.05, 0.1) is 6.61 Å². The van der Waals surface area contributed by atoms with Gasteiger partial charge in [-0.2, -0.15) is 0 Å². The molecule has 0 aliphatic rings. The van der Waals surface area contributed by atoms with Crippen LogP contribution in [-0.4, -0.2) is 18.2 Å². The van der Waals surface area contributed by atoms with E-state index in [1.807, 2.05) is 0 Å². The zero-order valence-corrected chi connectivity index (χ0v) is 9.98. The van der Waals surface area contributed by atoms with Gasteiger partial charge in [-0.25, -0.2) is 4.39 Å². The molecule has 0 aliphatic carbocycles. The van der Waals surface area contributed by atoms with E-state index in [1.165, 1.54) is 12.1 Å². The maximum absolute atomic E-state index is 12.8. The molecule has 6 heteroatoms. The van der Waals surface area contributed by atoms with Crippen LogP contribution in [0.3, 0.4) is 0 Å². The first-order valence-corrected chi connectivity index (χ1v) is 5.55. The van der Waals surface area contributed by atoms with Gasteiger partial charge in [0.15, 0.2) is 5.76 Å². The van der Waals surface area contributed by atoms with E-state index in [4.69, 9.17) is 16.1 Å². The summed E-state index contributed by atoms with van der Waals surface area (Å²) >= 11 is 6.08. The third-order valence-corrected chi connectivity index (χ3v) is 2.72. The number of aromatic nitrogens is 1. The Bertz CT molecular complexity index is 539. The van der Waals surface area contributed by atoms with Crippen LogP contribution in [0, 0.1) is 5.82 Å². The fourth-order valence-corrected chi connectivity index (χ4v) is 1.72. The molecule has 0 N–H and O–H groups in total. The molecule has 0 bridgehead atoms. The number of nitrogens with zero attached hydrogens (tertiary/aromatic N) is 1. The second kappa shape index (κ2) is 5.64. The first-order chi connectivity index (χ1) is 8.72. The maximum Gasteiger partial charge on any atom is 0.293 e. The van der Waals surface area contributed by atoms with E-state index in [0.29, 0.717) is 34.9 Å². The van der Waals surface area contributed by atoms with E-state index < -0.39 is 0 Å². The Hall–Kier alpha value is -1.88. The summed E-state index contributed by atoms with van der Waals surface area (Å²) in [7, 11) is 0. The first-order valence-electron chi connectivity index (χ1n) is 5.17. The minimum atomic E-state index is -0.339. The predicted octanol–water partition coefficient (Wildman–Crippen LogP) is 2.85. The molecule has 0 saturated heterocycles. The van der Waals surface area contributed by atoms with Crippen LogP contribution in [0.15, 0.2) is 28.8 Å². The third-order valence-electron chi connectivity index (χ3n) is 2.33. The van der Waals surface area contributed by atoms with Crippen molar-refractivity contribution in [3.63, 3.8) is 0 Å². The number of carbonyl (C=O) groups is 1.